The van der Waals surface area contributed by atoms with Crippen LogP contribution in [-0.2, 0) is 0 Å². The van der Waals surface area contributed by atoms with Crippen LogP contribution in [0, 0.1) is 0 Å². The van der Waals surface area contributed by atoms with Crippen molar-refractivity contribution < 1.29 is 5.11 Å². The van der Waals surface area contributed by atoms with Crippen molar-refractivity contribution in [2.75, 3.05) is 5.73 Å². The van der Waals surface area contributed by atoms with Gasteiger partial charge in [0.05, 0.1) is 5.69 Å². The van der Waals surface area contributed by atoms with Crippen LogP contribution in [0.15, 0.2) is 34.8 Å². The Labute approximate surface area is 84.1 Å². The fourth-order valence-corrected chi connectivity index (χ4v) is 1.69. The van der Waals surface area contributed by atoms with Gasteiger partial charge in [0.1, 0.15) is 5.75 Å². The highest BCUT2D eigenvalue weighted by atomic mass is 79.9. The summed E-state index contributed by atoms with van der Waals surface area (Å²) in [6.07, 6.45) is 0. The first-order valence-corrected chi connectivity index (χ1v) is 4.64. The van der Waals surface area contributed by atoms with E-state index in [0.29, 0.717) is 5.69 Å². The van der Waals surface area contributed by atoms with Crippen molar-refractivity contribution in [3.8, 4) is 5.75 Å². The van der Waals surface area contributed by atoms with E-state index in [4.69, 9.17) is 5.73 Å². The van der Waals surface area contributed by atoms with E-state index < -0.39 is 0 Å². The van der Waals surface area contributed by atoms with E-state index in [-0.39, 0.29) is 5.75 Å². The molecule has 0 heterocycles. The largest absolute Gasteiger partial charge is 0.506 e. The van der Waals surface area contributed by atoms with Gasteiger partial charge in [0, 0.05) is 9.86 Å². The van der Waals surface area contributed by atoms with E-state index in [2.05, 4.69) is 15.9 Å². The van der Waals surface area contributed by atoms with Crippen LogP contribution in [-0.4, -0.2) is 5.11 Å². The van der Waals surface area contributed by atoms with Gasteiger partial charge in [-0.05, 0) is 23.6 Å². The number of anilines is 1. The molecule has 13 heavy (non-hydrogen) atoms. The van der Waals surface area contributed by atoms with Gasteiger partial charge in [-0.1, -0.05) is 28.1 Å². The molecular formula is C10H8BrNO. The number of nitrogen functional groups attached to an aromatic ring is 1. The van der Waals surface area contributed by atoms with Crippen LogP contribution in [0.1, 0.15) is 0 Å². The molecule has 0 aromatic heterocycles. The topological polar surface area (TPSA) is 46.2 Å². The Kier molecular flexibility index (Phi) is 1.88. The fourth-order valence-electron chi connectivity index (χ4n) is 1.31. The summed E-state index contributed by atoms with van der Waals surface area (Å²) >= 11 is 3.37. The molecule has 0 aliphatic carbocycles. The Morgan fingerprint density at radius 2 is 1.92 bits per heavy atom. The van der Waals surface area contributed by atoms with Gasteiger partial charge in [0.15, 0.2) is 0 Å². The Hall–Kier alpha value is -1.22. The van der Waals surface area contributed by atoms with Crippen LogP contribution in [0.5, 0.6) is 5.75 Å². The Morgan fingerprint density at radius 3 is 2.69 bits per heavy atom. The monoisotopic (exact) mass is 237 g/mol. The SMILES string of the molecule is Nc1c(O)ccc2cc(Br)ccc12. The lowest BCUT2D eigenvalue weighted by atomic mass is 10.1. The van der Waals surface area contributed by atoms with Crippen LogP contribution in [0.3, 0.4) is 0 Å². The molecule has 0 amide bonds. The molecule has 2 rings (SSSR count). The van der Waals surface area contributed by atoms with Crippen molar-refractivity contribution in [2.45, 2.75) is 0 Å². The molecule has 0 aliphatic heterocycles. The molecule has 0 atom stereocenters. The molecule has 0 saturated carbocycles. The van der Waals surface area contributed by atoms with Gasteiger partial charge in [-0.2, -0.15) is 0 Å². The molecule has 0 spiro atoms. The maximum absolute atomic E-state index is 9.35. The van der Waals surface area contributed by atoms with Crippen LogP contribution >= 0.6 is 15.9 Å². The smallest absolute Gasteiger partial charge is 0.139 e. The lowest BCUT2D eigenvalue weighted by Crippen LogP contribution is -1.87. The Balaban J connectivity index is 2.87. The second-order valence-electron chi connectivity index (χ2n) is 2.86. The van der Waals surface area contributed by atoms with E-state index >= 15 is 0 Å². The summed E-state index contributed by atoms with van der Waals surface area (Å²) in [4.78, 5) is 0. The number of aromatic hydroxyl groups is 1. The van der Waals surface area contributed by atoms with Crippen molar-refractivity contribution in [2.24, 2.45) is 0 Å². The highest BCUT2D eigenvalue weighted by Crippen LogP contribution is 2.30. The van der Waals surface area contributed by atoms with Crippen LogP contribution < -0.4 is 5.73 Å². The molecule has 0 unspecified atom stereocenters. The zero-order valence-corrected chi connectivity index (χ0v) is 8.38. The number of rotatable bonds is 0. The first-order valence-electron chi connectivity index (χ1n) is 3.85. The summed E-state index contributed by atoms with van der Waals surface area (Å²) in [6.45, 7) is 0. The summed E-state index contributed by atoms with van der Waals surface area (Å²) < 4.78 is 1.00. The number of phenolic OH excluding ortho intramolecular Hbond substituents is 1. The zero-order chi connectivity index (χ0) is 9.42. The predicted molar refractivity (Wildman–Crippen MR) is 57.7 cm³/mol. The molecule has 2 aromatic carbocycles. The van der Waals surface area contributed by atoms with Gasteiger partial charge in [0.2, 0.25) is 0 Å². The van der Waals surface area contributed by atoms with Crippen molar-refractivity contribution in [3.05, 3.63) is 34.8 Å². The molecule has 0 aliphatic rings. The minimum atomic E-state index is 0.134. The predicted octanol–water partition coefficient (Wildman–Crippen LogP) is 2.89. The van der Waals surface area contributed by atoms with Crippen molar-refractivity contribution in [3.63, 3.8) is 0 Å². The van der Waals surface area contributed by atoms with Crippen molar-refractivity contribution in [1.82, 2.24) is 0 Å². The van der Waals surface area contributed by atoms with Gasteiger partial charge in [-0.25, -0.2) is 0 Å². The molecule has 0 bridgehead atoms. The molecular weight excluding hydrogens is 230 g/mol. The molecule has 3 N–H and O–H groups in total. The number of benzene rings is 2. The maximum Gasteiger partial charge on any atom is 0.139 e. The molecule has 0 radical (unpaired) electrons. The third-order valence-electron chi connectivity index (χ3n) is 2.00. The first-order chi connectivity index (χ1) is 6.18. The number of hydrogen-bond donors (Lipinski definition) is 2. The highest BCUT2D eigenvalue weighted by molar-refractivity contribution is 9.10. The van der Waals surface area contributed by atoms with Gasteiger partial charge in [-0.3, -0.25) is 0 Å². The maximum atomic E-state index is 9.35. The minimum Gasteiger partial charge on any atom is -0.506 e. The Bertz CT molecular complexity index is 468. The first kappa shape index (κ1) is 8.38. The number of nitrogens with two attached hydrogens (primary N) is 1. The summed E-state index contributed by atoms with van der Waals surface area (Å²) in [5, 5.41) is 11.2. The third-order valence-corrected chi connectivity index (χ3v) is 2.49. The van der Waals surface area contributed by atoms with E-state index in [1.54, 1.807) is 6.07 Å². The fraction of sp³-hybridized carbons (Fsp3) is 0. The molecule has 2 aromatic rings. The number of fused-ring (bicyclic) bond motifs is 1. The summed E-state index contributed by atoms with van der Waals surface area (Å²) in [7, 11) is 0. The lowest BCUT2D eigenvalue weighted by molar-refractivity contribution is 0.478. The quantitative estimate of drug-likeness (QED) is 0.547. The zero-order valence-electron chi connectivity index (χ0n) is 6.79. The lowest BCUT2D eigenvalue weighted by Gasteiger charge is -2.04. The summed E-state index contributed by atoms with van der Waals surface area (Å²) in [5.74, 6) is 0.134. The van der Waals surface area contributed by atoms with Gasteiger partial charge in [-0.15, -0.1) is 0 Å². The number of halogens is 1. The van der Waals surface area contributed by atoms with E-state index in [1.807, 2.05) is 24.3 Å². The standard InChI is InChI=1S/C10H8BrNO/c11-7-2-3-8-6(5-7)1-4-9(13)10(8)12/h1-5,13H,12H2. The molecule has 2 nitrogen and oxygen atoms in total. The minimum absolute atomic E-state index is 0.134. The normalized spacial score (nSPS) is 10.5. The van der Waals surface area contributed by atoms with Crippen LogP contribution in [0.4, 0.5) is 5.69 Å². The third kappa shape index (κ3) is 1.35. The average Bonchev–Trinajstić information content (AvgIpc) is 2.12. The van der Waals surface area contributed by atoms with Gasteiger partial charge < -0.3 is 10.8 Å². The second-order valence-corrected chi connectivity index (χ2v) is 3.78. The van der Waals surface area contributed by atoms with Gasteiger partial charge >= 0.3 is 0 Å². The van der Waals surface area contributed by atoms with E-state index in [0.717, 1.165) is 15.2 Å². The second kappa shape index (κ2) is 2.92. The van der Waals surface area contributed by atoms with Crippen molar-refractivity contribution in [1.29, 1.82) is 0 Å². The van der Waals surface area contributed by atoms with E-state index in [9.17, 15) is 5.11 Å². The van der Waals surface area contributed by atoms with Crippen LogP contribution in [0.25, 0.3) is 10.8 Å². The summed E-state index contributed by atoms with van der Waals surface area (Å²) in [5.41, 5.74) is 6.14. The Morgan fingerprint density at radius 1 is 1.15 bits per heavy atom. The number of hydrogen-bond acceptors (Lipinski definition) is 2. The highest BCUT2D eigenvalue weighted by Gasteiger charge is 2.02. The molecule has 0 saturated heterocycles. The molecule has 0 fully saturated rings. The molecule has 3 heteroatoms. The van der Waals surface area contributed by atoms with E-state index in [1.165, 1.54) is 0 Å². The van der Waals surface area contributed by atoms with Gasteiger partial charge in [0.25, 0.3) is 0 Å². The average molecular weight is 238 g/mol. The van der Waals surface area contributed by atoms with Crippen LogP contribution in [0.2, 0.25) is 0 Å². The van der Waals surface area contributed by atoms with Crippen molar-refractivity contribution >= 4 is 32.4 Å². The summed E-state index contributed by atoms with van der Waals surface area (Å²) in [6, 6.07) is 9.19. The number of phenols is 1. The molecule has 66 valence electrons.